The molecule has 6 heteroatoms. The molecule has 28 heavy (non-hydrogen) atoms. The van der Waals surface area contributed by atoms with Crippen molar-refractivity contribution < 1.29 is 18.8 Å². The van der Waals surface area contributed by atoms with E-state index >= 15 is 0 Å². The molecular formula is C22H37NO4Si. The lowest BCUT2D eigenvalue weighted by Crippen LogP contribution is -2.46. The molecule has 0 aromatic heterocycles. The zero-order chi connectivity index (χ0) is 21.9. The molecule has 0 saturated carbocycles. The van der Waals surface area contributed by atoms with E-state index in [-0.39, 0.29) is 16.7 Å². The molecule has 0 spiro atoms. The highest BCUT2D eigenvalue weighted by molar-refractivity contribution is 6.74. The lowest BCUT2D eigenvalue weighted by Gasteiger charge is -2.36. The van der Waals surface area contributed by atoms with Gasteiger partial charge in [-0.25, -0.2) is 4.79 Å². The van der Waals surface area contributed by atoms with Crippen LogP contribution in [-0.2, 0) is 4.74 Å². The summed E-state index contributed by atoms with van der Waals surface area (Å²) >= 11 is 0. The van der Waals surface area contributed by atoms with Crippen LogP contribution < -0.4 is 9.74 Å². The number of ether oxygens (including phenoxy) is 1. The Labute approximate surface area is 171 Å². The highest BCUT2D eigenvalue weighted by Crippen LogP contribution is 2.37. The molecule has 1 amide bonds. The normalized spacial score (nSPS) is 13.8. The van der Waals surface area contributed by atoms with Crippen LogP contribution in [0.4, 0.5) is 4.79 Å². The summed E-state index contributed by atoms with van der Waals surface area (Å²) in [5.74, 6) is 0.562. The number of nitrogens with one attached hydrogen (secondary N) is 1. The first-order valence-electron chi connectivity index (χ1n) is 9.86. The minimum Gasteiger partial charge on any atom is -0.544 e. The van der Waals surface area contributed by atoms with Crippen LogP contribution in [0.1, 0.15) is 65.7 Å². The van der Waals surface area contributed by atoms with Crippen LogP contribution in [0.2, 0.25) is 18.1 Å². The molecule has 0 fully saturated rings. The van der Waals surface area contributed by atoms with Gasteiger partial charge in [-0.3, -0.25) is 4.79 Å². The molecule has 0 saturated heterocycles. The Balaban J connectivity index is 2.93. The van der Waals surface area contributed by atoms with Gasteiger partial charge in [-0.15, -0.1) is 0 Å². The number of hydrogen-bond acceptors (Lipinski definition) is 4. The second-order valence-electron chi connectivity index (χ2n) is 10.1. The van der Waals surface area contributed by atoms with Crippen LogP contribution in [0.5, 0.6) is 5.75 Å². The van der Waals surface area contributed by atoms with Crippen molar-refractivity contribution in [3.05, 3.63) is 29.8 Å². The van der Waals surface area contributed by atoms with Crippen molar-refractivity contribution in [1.82, 2.24) is 5.32 Å². The lowest BCUT2D eigenvalue weighted by molar-refractivity contribution is 0.0475. The summed E-state index contributed by atoms with van der Waals surface area (Å²) in [7, 11) is -1.93. The molecule has 0 aliphatic rings. The standard InChI is InChI=1S/C22H37NO4Si/c1-15(2)18(23-20(25)26-21(3,4)5)19(24)16-11-13-17(14-12-16)27-28(9,10)22(6,7)8/h11-15,18H,1-10H3,(H,23,25)/t18-/m0/s1. The molecule has 158 valence electrons. The molecule has 1 aromatic rings. The third-order valence-electron chi connectivity index (χ3n) is 4.94. The maximum absolute atomic E-state index is 12.9. The average molecular weight is 408 g/mol. The Kier molecular flexibility index (Phi) is 7.51. The summed E-state index contributed by atoms with van der Waals surface area (Å²) in [6.45, 7) is 20.1. The van der Waals surface area contributed by atoms with Gasteiger partial charge < -0.3 is 14.5 Å². The smallest absolute Gasteiger partial charge is 0.408 e. The van der Waals surface area contributed by atoms with E-state index in [1.54, 1.807) is 32.9 Å². The summed E-state index contributed by atoms with van der Waals surface area (Å²) in [6.07, 6.45) is -0.586. The maximum atomic E-state index is 12.9. The predicted octanol–water partition coefficient (Wildman–Crippen LogP) is 5.80. The summed E-state index contributed by atoms with van der Waals surface area (Å²) in [5, 5.41) is 2.81. The lowest BCUT2D eigenvalue weighted by atomic mass is 9.95. The van der Waals surface area contributed by atoms with Crippen LogP contribution in [0, 0.1) is 5.92 Å². The summed E-state index contributed by atoms with van der Waals surface area (Å²) in [5.41, 5.74) is -0.0745. The van der Waals surface area contributed by atoms with Gasteiger partial charge in [0.2, 0.25) is 8.32 Å². The van der Waals surface area contributed by atoms with E-state index < -0.39 is 26.1 Å². The Bertz CT molecular complexity index is 682. The molecule has 0 aliphatic heterocycles. The first kappa shape index (κ1) is 24.2. The molecule has 1 atom stereocenters. The Morgan fingerprint density at radius 3 is 1.86 bits per heavy atom. The van der Waals surface area contributed by atoms with E-state index in [1.165, 1.54) is 0 Å². The molecule has 0 radical (unpaired) electrons. The Morgan fingerprint density at radius 1 is 0.964 bits per heavy atom. The van der Waals surface area contributed by atoms with E-state index in [4.69, 9.17) is 9.16 Å². The number of alkyl carbamates (subject to hydrolysis) is 1. The molecule has 0 aliphatic carbocycles. The van der Waals surface area contributed by atoms with Crippen LogP contribution in [0.25, 0.3) is 0 Å². The molecule has 0 unspecified atom stereocenters. The Morgan fingerprint density at radius 2 is 1.46 bits per heavy atom. The van der Waals surface area contributed by atoms with Gasteiger partial charge in [0, 0.05) is 5.56 Å². The predicted molar refractivity (Wildman–Crippen MR) is 117 cm³/mol. The highest BCUT2D eigenvalue weighted by Gasteiger charge is 2.39. The topological polar surface area (TPSA) is 64.6 Å². The second kappa shape index (κ2) is 8.68. The molecule has 0 heterocycles. The zero-order valence-corrected chi connectivity index (χ0v) is 20.1. The fourth-order valence-electron chi connectivity index (χ4n) is 2.28. The average Bonchev–Trinajstić information content (AvgIpc) is 2.49. The summed E-state index contributed by atoms with van der Waals surface area (Å²) in [4.78, 5) is 25.1. The van der Waals surface area contributed by atoms with Gasteiger partial charge in [0.15, 0.2) is 5.78 Å². The summed E-state index contributed by atoms with van der Waals surface area (Å²) in [6, 6.07) is 6.53. The third kappa shape index (κ3) is 6.97. The first-order chi connectivity index (χ1) is 12.5. The molecule has 0 bridgehead atoms. The fraction of sp³-hybridized carbons (Fsp3) is 0.636. The fourth-order valence-corrected chi connectivity index (χ4v) is 3.32. The minimum atomic E-state index is -1.93. The van der Waals surface area contributed by atoms with Crippen molar-refractivity contribution in [2.75, 3.05) is 0 Å². The third-order valence-corrected chi connectivity index (χ3v) is 9.30. The quantitative estimate of drug-likeness (QED) is 0.478. The molecule has 1 aromatic carbocycles. The largest absolute Gasteiger partial charge is 0.544 e. The molecular weight excluding hydrogens is 370 g/mol. The molecule has 1 rings (SSSR count). The van der Waals surface area contributed by atoms with Crippen LogP contribution in [0.15, 0.2) is 24.3 Å². The van der Waals surface area contributed by atoms with Gasteiger partial charge in [-0.05, 0) is 69.1 Å². The number of benzene rings is 1. The number of carbonyl (C=O) groups excluding carboxylic acids is 2. The second-order valence-corrected chi connectivity index (χ2v) is 14.8. The van der Waals surface area contributed by atoms with Gasteiger partial charge in [-0.1, -0.05) is 34.6 Å². The maximum Gasteiger partial charge on any atom is 0.408 e. The van der Waals surface area contributed by atoms with Crippen molar-refractivity contribution in [3.63, 3.8) is 0 Å². The van der Waals surface area contributed by atoms with Crippen LogP contribution in [0.3, 0.4) is 0 Å². The number of ketones is 1. The van der Waals surface area contributed by atoms with E-state index in [1.807, 2.05) is 26.0 Å². The van der Waals surface area contributed by atoms with Gasteiger partial charge in [0.25, 0.3) is 0 Å². The number of carbonyl (C=O) groups is 2. The van der Waals surface area contributed by atoms with Gasteiger partial charge in [-0.2, -0.15) is 0 Å². The number of rotatable bonds is 6. The highest BCUT2D eigenvalue weighted by atomic mass is 28.4. The first-order valence-corrected chi connectivity index (χ1v) is 12.8. The van der Waals surface area contributed by atoms with Gasteiger partial charge in [0.05, 0.1) is 6.04 Å². The van der Waals surface area contributed by atoms with Gasteiger partial charge >= 0.3 is 6.09 Å². The molecule has 1 N–H and O–H groups in total. The monoisotopic (exact) mass is 407 g/mol. The van der Waals surface area contributed by atoms with Crippen molar-refractivity contribution in [2.45, 2.75) is 85.2 Å². The van der Waals surface area contributed by atoms with Crippen molar-refractivity contribution in [2.24, 2.45) is 5.92 Å². The number of hydrogen-bond donors (Lipinski definition) is 1. The number of amides is 1. The SMILES string of the molecule is CC(C)[C@H](NC(=O)OC(C)(C)C)C(=O)c1ccc(O[Si](C)(C)C(C)(C)C)cc1. The van der Waals surface area contributed by atoms with Crippen LogP contribution in [-0.4, -0.2) is 31.8 Å². The van der Waals surface area contributed by atoms with Crippen molar-refractivity contribution in [1.29, 1.82) is 0 Å². The van der Waals surface area contributed by atoms with Crippen LogP contribution >= 0.6 is 0 Å². The Hall–Kier alpha value is -1.82. The van der Waals surface area contributed by atoms with E-state index in [2.05, 4.69) is 39.2 Å². The minimum absolute atomic E-state index is 0.0665. The van der Waals surface area contributed by atoms with E-state index in [0.717, 1.165) is 5.75 Å². The summed E-state index contributed by atoms with van der Waals surface area (Å²) < 4.78 is 11.6. The van der Waals surface area contributed by atoms with E-state index in [0.29, 0.717) is 5.56 Å². The van der Waals surface area contributed by atoms with Crippen molar-refractivity contribution in [3.8, 4) is 5.75 Å². The zero-order valence-electron chi connectivity index (χ0n) is 19.1. The number of Topliss-reactive ketones (excluding diaryl/α,β-unsaturated/α-hetero) is 1. The van der Waals surface area contributed by atoms with Gasteiger partial charge in [0.1, 0.15) is 11.4 Å². The molecule has 5 nitrogen and oxygen atoms in total. The van der Waals surface area contributed by atoms with E-state index in [9.17, 15) is 9.59 Å². The van der Waals surface area contributed by atoms with Crippen molar-refractivity contribution >= 4 is 20.2 Å².